The maximum absolute atomic E-state index is 4.03. The van der Waals surface area contributed by atoms with Gasteiger partial charge < -0.3 is 0 Å². The molecule has 1 aromatic carbocycles. The van der Waals surface area contributed by atoms with Crippen molar-refractivity contribution in [2.75, 3.05) is 0 Å². The van der Waals surface area contributed by atoms with Crippen LogP contribution in [0, 0.1) is 0 Å². The molecule has 0 fully saturated rings. The minimum atomic E-state index is 0.803. The highest BCUT2D eigenvalue weighted by Crippen LogP contribution is 2.20. The van der Waals surface area contributed by atoms with Crippen molar-refractivity contribution < 1.29 is 0 Å². The number of halogens is 1. The molecule has 0 unspecified atom stereocenters. The maximum Gasteiger partial charge on any atom is 0.0103 e. The summed E-state index contributed by atoms with van der Waals surface area (Å²) in [5.74, 6) is 0. The third-order valence-corrected chi connectivity index (χ3v) is 2.80. The van der Waals surface area contributed by atoms with E-state index in [9.17, 15) is 0 Å². The largest absolute Gasteiger partial charge is 0.0984 e. The lowest BCUT2D eigenvalue weighted by molar-refractivity contribution is 1.57. The standard InChI is InChI=1S/C18H17Br/c1-5-17(18-9-7-6-8-10-18)13-15(3)14(2)11-12-16(4)19/h5-13H,1-4H2/b12-11-,17-13+. The van der Waals surface area contributed by atoms with Gasteiger partial charge in [-0.2, -0.15) is 0 Å². The highest BCUT2D eigenvalue weighted by molar-refractivity contribution is 9.11. The van der Waals surface area contributed by atoms with Crippen molar-refractivity contribution in [1.29, 1.82) is 0 Å². The summed E-state index contributed by atoms with van der Waals surface area (Å²) in [6.45, 7) is 15.6. The van der Waals surface area contributed by atoms with Crippen LogP contribution in [0.4, 0.5) is 0 Å². The number of rotatable bonds is 6. The second-order valence-corrected chi connectivity index (χ2v) is 5.02. The molecular formula is C18H17Br. The Morgan fingerprint density at radius 3 is 2.11 bits per heavy atom. The molecule has 96 valence electrons. The van der Waals surface area contributed by atoms with Gasteiger partial charge in [-0.25, -0.2) is 0 Å². The van der Waals surface area contributed by atoms with Gasteiger partial charge in [-0.15, -0.1) is 0 Å². The van der Waals surface area contributed by atoms with Gasteiger partial charge in [-0.05, 0) is 34.4 Å². The first kappa shape index (κ1) is 15.2. The van der Waals surface area contributed by atoms with Gasteiger partial charge in [-0.3, -0.25) is 0 Å². The minimum Gasteiger partial charge on any atom is -0.0984 e. The molecule has 0 bridgehead atoms. The van der Waals surface area contributed by atoms with Crippen LogP contribution in [0.25, 0.3) is 5.57 Å². The van der Waals surface area contributed by atoms with Gasteiger partial charge in [0.1, 0.15) is 0 Å². The van der Waals surface area contributed by atoms with E-state index in [0.717, 1.165) is 26.8 Å². The summed E-state index contributed by atoms with van der Waals surface area (Å²) in [4.78, 5) is 0. The Morgan fingerprint density at radius 2 is 1.58 bits per heavy atom. The Balaban J connectivity index is 2.93. The first-order valence-electron chi connectivity index (χ1n) is 5.85. The Bertz CT molecular complexity index is 557. The van der Waals surface area contributed by atoms with E-state index in [0.29, 0.717) is 0 Å². The van der Waals surface area contributed by atoms with Gasteiger partial charge in [0.2, 0.25) is 0 Å². The number of hydrogen-bond donors (Lipinski definition) is 0. The van der Waals surface area contributed by atoms with Gasteiger partial charge in [0.15, 0.2) is 0 Å². The van der Waals surface area contributed by atoms with E-state index in [2.05, 4.69) is 42.2 Å². The Labute approximate surface area is 124 Å². The predicted octanol–water partition coefficient (Wildman–Crippen LogP) is 5.83. The molecule has 0 saturated carbocycles. The molecule has 19 heavy (non-hydrogen) atoms. The normalized spacial score (nSPS) is 11.3. The molecule has 0 heterocycles. The van der Waals surface area contributed by atoms with E-state index in [4.69, 9.17) is 0 Å². The molecule has 0 aliphatic carbocycles. The van der Waals surface area contributed by atoms with Crippen molar-refractivity contribution in [3.05, 3.63) is 102 Å². The van der Waals surface area contributed by atoms with Crippen molar-refractivity contribution in [2.45, 2.75) is 0 Å². The van der Waals surface area contributed by atoms with Crippen LogP contribution in [0.15, 0.2) is 96.6 Å². The van der Waals surface area contributed by atoms with Crippen LogP contribution in [-0.4, -0.2) is 0 Å². The lowest BCUT2D eigenvalue weighted by Gasteiger charge is -2.05. The first-order valence-corrected chi connectivity index (χ1v) is 6.64. The molecule has 1 aromatic rings. The lowest BCUT2D eigenvalue weighted by Crippen LogP contribution is -1.84. The van der Waals surface area contributed by atoms with Crippen molar-refractivity contribution in [2.24, 2.45) is 0 Å². The van der Waals surface area contributed by atoms with E-state index in [1.165, 1.54) is 0 Å². The number of benzene rings is 1. The highest BCUT2D eigenvalue weighted by atomic mass is 79.9. The molecule has 0 atom stereocenters. The summed E-state index contributed by atoms with van der Waals surface area (Å²) < 4.78 is 0.803. The van der Waals surface area contributed by atoms with Crippen LogP contribution >= 0.6 is 15.9 Å². The lowest BCUT2D eigenvalue weighted by atomic mass is 10.0. The number of allylic oxidation sites excluding steroid dienone is 8. The molecule has 1 heteroatoms. The zero-order chi connectivity index (χ0) is 14.3. The average Bonchev–Trinajstić information content (AvgIpc) is 2.42. The molecule has 0 aliphatic rings. The first-order chi connectivity index (χ1) is 9.04. The molecule has 0 N–H and O–H groups in total. The number of hydrogen-bond acceptors (Lipinski definition) is 0. The fourth-order valence-electron chi connectivity index (χ4n) is 1.47. The van der Waals surface area contributed by atoms with Gasteiger partial charge in [0.05, 0.1) is 0 Å². The third kappa shape index (κ3) is 5.11. The van der Waals surface area contributed by atoms with Gasteiger partial charge in [0.25, 0.3) is 0 Å². The topological polar surface area (TPSA) is 0 Å². The van der Waals surface area contributed by atoms with Crippen LogP contribution in [-0.2, 0) is 0 Å². The summed E-state index contributed by atoms with van der Waals surface area (Å²) in [7, 11) is 0. The smallest absolute Gasteiger partial charge is 0.0103 e. The van der Waals surface area contributed by atoms with Crippen molar-refractivity contribution in [1.82, 2.24) is 0 Å². The summed E-state index contributed by atoms with van der Waals surface area (Å²) in [6.07, 6.45) is 7.52. The zero-order valence-corrected chi connectivity index (χ0v) is 12.5. The summed E-state index contributed by atoms with van der Waals surface area (Å²) in [5.41, 5.74) is 3.83. The zero-order valence-electron chi connectivity index (χ0n) is 10.9. The maximum atomic E-state index is 4.03. The third-order valence-electron chi connectivity index (χ3n) is 2.53. The van der Waals surface area contributed by atoms with Crippen molar-refractivity contribution in [3.8, 4) is 0 Å². The summed E-state index contributed by atoms with van der Waals surface area (Å²) in [6, 6.07) is 10.1. The van der Waals surface area contributed by atoms with Crippen LogP contribution in [0.3, 0.4) is 0 Å². The minimum absolute atomic E-state index is 0.803. The molecule has 1 rings (SSSR count). The van der Waals surface area contributed by atoms with Crippen LogP contribution in [0.5, 0.6) is 0 Å². The van der Waals surface area contributed by atoms with Gasteiger partial charge in [0, 0.05) is 4.48 Å². The molecule has 0 aromatic heterocycles. The molecule has 0 aliphatic heterocycles. The van der Waals surface area contributed by atoms with Crippen LogP contribution in [0.2, 0.25) is 0 Å². The highest BCUT2D eigenvalue weighted by Gasteiger charge is 1.99. The molecule has 0 nitrogen and oxygen atoms in total. The van der Waals surface area contributed by atoms with Gasteiger partial charge in [-0.1, -0.05) is 84.7 Å². The Hall–Kier alpha value is -1.86. The fraction of sp³-hybridized carbons (Fsp3) is 0. The molecule has 0 spiro atoms. The summed E-state index contributed by atoms with van der Waals surface area (Å²) in [5, 5.41) is 0. The van der Waals surface area contributed by atoms with E-state index < -0.39 is 0 Å². The monoisotopic (exact) mass is 312 g/mol. The van der Waals surface area contributed by atoms with E-state index >= 15 is 0 Å². The Morgan fingerprint density at radius 1 is 0.947 bits per heavy atom. The second kappa shape index (κ2) is 7.55. The molecular weight excluding hydrogens is 296 g/mol. The molecule has 0 amide bonds. The SMILES string of the molecule is C=C/C(=C\C(=C)C(=C)/C=C\C(=C)Br)c1ccccc1. The fourth-order valence-corrected chi connectivity index (χ4v) is 1.60. The quantitative estimate of drug-likeness (QED) is 0.579. The van der Waals surface area contributed by atoms with E-state index in [-0.39, 0.29) is 0 Å². The average molecular weight is 313 g/mol. The summed E-state index contributed by atoms with van der Waals surface area (Å²) >= 11 is 3.27. The van der Waals surface area contributed by atoms with E-state index in [1.807, 2.05) is 54.6 Å². The van der Waals surface area contributed by atoms with Gasteiger partial charge >= 0.3 is 0 Å². The van der Waals surface area contributed by atoms with Crippen molar-refractivity contribution in [3.63, 3.8) is 0 Å². The molecule has 0 saturated heterocycles. The Kier molecular flexibility index (Phi) is 6.04. The molecule has 0 radical (unpaired) electrons. The van der Waals surface area contributed by atoms with Crippen LogP contribution < -0.4 is 0 Å². The predicted molar refractivity (Wildman–Crippen MR) is 90.1 cm³/mol. The van der Waals surface area contributed by atoms with Crippen molar-refractivity contribution >= 4 is 21.5 Å². The second-order valence-electron chi connectivity index (χ2n) is 4.00. The van der Waals surface area contributed by atoms with E-state index in [1.54, 1.807) is 0 Å². The van der Waals surface area contributed by atoms with Crippen LogP contribution in [0.1, 0.15) is 5.56 Å².